The molecule has 0 aliphatic heterocycles. The second kappa shape index (κ2) is 6.03. The first-order chi connectivity index (χ1) is 10.6. The van der Waals surface area contributed by atoms with Crippen LogP contribution in [0.4, 0.5) is 10.5 Å². The van der Waals surface area contributed by atoms with E-state index in [1.807, 2.05) is 25.1 Å². The van der Waals surface area contributed by atoms with Crippen LogP contribution in [0.3, 0.4) is 0 Å². The van der Waals surface area contributed by atoms with Crippen molar-refractivity contribution < 1.29 is 13.9 Å². The summed E-state index contributed by atoms with van der Waals surface area (Å²) in [5.74, 6) is 0.355. The molecule has 1 amide bonds. The third kappa shape index (κ3) is 3.17. The number of hydrogen-bond acceptors (Lipinski definition) is 5. The molecule has 0 atom stereocenters. The van der Waals surface area contributed by atoms with Crippen molar-refractivity contribution in [2.75, 3.05) is 5.32 Å². The van der Waals surface area contributed by atoms with Crippen LogP contribution in [-0.2, 0) is 6.42 Å². The number of fused-ring (bicyclic) bond motifs is 1. The Morgan fingerprint density at radius 3 is 2.95 bits per heavy atom. The maximum atomic E-state index is 11.9. The summed E-state index contributed by atoms with van der Waals surface area (Å²) in [5.41, 5.74) is 2.29. The molecule has 0 saturated heterocycles. The average molecular weight is 315 g/mol. The van der Waals surface area contributed by atoms with Crippen molar-refractivity contribution in [2.45, 2.75) is 13.3 Å². The summed E-state index contributed by atoms with van der Waals surface area (Å²) in [4.78, 5) is 22.7. The molecule has 2 aromatic carbocycles. The van der Waals surface area contributed by atoms with Gasteiger partial charge in [-0.3, -0.25) is 5.32 Å². The molecule has 1 N–H and O–H groups in total. The van der Waals surface area contributed by atoms with Crippen molar-refractivity contribution in [1.29, 1.82) is 0 Å². The second-order valence-electron chi connectivity index (χ2n) is 4.63. The first-order valence-electron chi connectivity index (χ1n) is 6.75. The van der Waals surface area contributed by atoms with Gasteiger partial charge in [-0.05, 0) is 36.2 Å². The van der Waals surface area contributed by atoms with Gasteiger partial charge in [0.15, 0.2) is 0 Å². The van der Waals surface area contributed by atoms with Gasteiger partial charge in [-0.25, -0.2) is 9.59 Å². The minimum Gasteiger partial charge on any atom is -0.414 e. The van der Waals surface area contributed by atoms with Crippen LogP contribution in [0, 0.1) is 0 Å². The van der Waals surface area contributed by atoms with Crippen LogP contribution >= 0.6 is 11.3 Å². The number of carbonyl (C=O) groups is 1. The normalized spacial score (nSPS) is 10.6. The van der Waals surface area contributed by atoms with Crippen molar-refractivity contribution in [3.8, 4) is 5.75 Å². The number of nitrogens with one attached hydrogen (secondary N) is 1. The fraction of sp³-hybridized carbons (Fsp3) is 0.125. The molecular formula is C16H13NO4S. The smallest absolute Gasteiger partial charge is 0.414 e. The fourth-order valence-corrected chi connectivity index (χ4v) is 2.73. The quantitative estimate of drug-likeness (QED) is 0.792. The molecule has 22 heavy (non-hydrogen) atoms. The van der Waals surface area contributed by atoms with Crippen molar-refractivity contribution in [2.24, 2.45) is 0 Å². The van der Waals surface area contributed by atoms with E-state index in [1.54, 1.807) is 24.3 Å². The van der Waals surface area contributed by atoms with E-state index in [2.05, 4.69) is 5.32 Å². The summed E-state index contributed by atoms with van der Waals surface area (Å²) >= 11 is 0.968. The molecule has 0 bridgehead atoms. The summed E-state index contributed by atoms with van der Waals surface area (Å²) in [5, 5.41) is 2.68. The highest BCUT2D eigenvalue weighted by Crippen LogP contribution is 2.23. The number of ether oxygens (including phenoxy) is 1. The summed E-state index contributed by atoms with van der Waals surface area (Å²) in [6, 6.07) is 12.4. The van der Waals surface area contributed by atoms with Gasteiger partial charge in [-0.15, -0.1) is 0 Å². The minimum atomic E-state index is -0.580. The van der Waals surface area contributed by atoms with Crippen LogP contribution in [0.2, 0.25) is 0 Å². The van der Waals surface area contributed by atoms with E-state index in [-0.39, 0.29) is 4.94 Å². The summed E-state index contributed by atoms with van der Waals surface area (Å²) in [6.45, 7) is 2.04. The second-order valence-corrected chi connectivity index (χ2v) is 5.61. The number of carbonyl (C=O) groups excluding carboxylic acids is 1. The molecule has 3 rings (SSSR count). The van der Waals surface area contributed by atoms with Crippen LogP contribution in [0.15, 0.2) is 51.7 Å². The Balaban J connectivity index is 1.73. The number of anilines is 1. The molecule has 3 aromatic rings. The Morgan fingerprint density at radius 1 is 1.27 bits per heavy atom. The molecule has 1 heterocycles. The Kier molecular flexibility index (Phi) is 3.93. The van der Waals surface area contributed by atoms with Gasteiger partial charge in [0.1, 0.15) is 11.3 Å². The van der Waals surface area contributed by atoms with Crippen molar-refractivity contribution in [3.63, 3.8) is 0 Å². The lowest BCUT2D eigenvalue weighted by atomic mass is 10.1. The van der Waals surface area contributed by atoms with Gasteiger partial charge in [0, 0.05) is 11.8 Å². The zero-order chi connectivity index (χ0) is 15.5. The molecule has 6 heteroatoms. The molecule has 0 fully saturated rings. The van der Waals surface area contributed by atoms with Gasteiger partial charge in [0.25, 0.3) is 0 Å². The zero-order valence-corrected chi connectivity index (χ0v) is 12.6. The van der Waals surface area contributed by atoms with E-state index in [0.717, 1.165) is 23.3 Å². The van der Waals surface area contributed by atoms with Crippen molar-refractivity contribution >= 4 is 33.4 Å². The van der Waals surface area contributed by atoms with Gasteiger partial charge in [-0.2, -0.15) is 0 Å². The molecule has 0 unspecified atom stereocenters. The lowest BCUT2D eigenvalue weighted by Gasteiger charge is -2.07. The first kappa shape index (κ1) is 14.3. The van der Waals surface area contributed by atoms with Crippen molar-refractivity contribution in [3.05, 3.63) is 57.8 Å². The monoisotopic (exact) mass is 315 g/mol. The third-order valence-electron chi connectivity index (χ3n) is 3.09. The van der Waals surface area contributed by atoms with Crippen LogP contribution in [0.25, 0.3) is 10.3 Å². The van der Waals surface area contributed by atoms with Crippen LogP contribution in [-0.4, -0.2) is 6.09 Å². The lowest BCUT2D eigenvalue weighted by molar-refractivity contribution is 0.215. The Hall–Kier alpha value is -2.60. The third-order valence-corrected chi connectivity index (χ3v) is 3.88. The van der Waals surface area contributed by atoms with Gasteiger partial charge in [0.2, 0.25) is 0 Å². The topological polar surface area (TPSA) is 68.5 Å². The highest BCUT2D eigenvalue weighted by molar-refractivity contribution is 7.16. The minimum absolute atomic E-state index is 0.355. The molecular weight excluding hydrogens is 302 g/mol. The summed E-state index contributed by atoms with van der Waals surface area (Å²) in [7, 11) is 0. The van der Waals surface area contributed by atoms with Gasteiger partial charge >= 0.3 is 11.0 Å². The fourth-order valence-electron chi connectivity index (χ4n) is 2.04. The van der Waals surface area contributed by atoms with E-state index in [1.165, 1.54) is 0 Å². The number of benzene rings is 2. The van der Waals surface area contributed by atoms with Gasteiger partial charge in [-0.1, -0.05) is 30.4 Å². The predicted octanol–water partition coefficient (Wildman–Crippen LogP) is 4.03. The Morgan fingerprint density at radius 2 is 2.14 bits per heavy atom. The van der Waals surface area contributed by atoms with E-state index in [0.29, 0.717) is 21.7 Å². The average Bonchev–Trinajstić information content (AvgIpc) is 2.86. The molecule has 0 aliphatic rings. The maximum Gasteiger partial charge on any atom is 0.417 e. The van der Waals surface area contributed by atoms with E-state index in [9.17, 15) is 9.59 Å². The zero-order valence-electron chi connectivity index (χ0n) is 11.8. The SMILES string of the molecule is CCc1cccc(NC(=O)Oc2ccc3oc(=O)sc3c2)c1. The number of amides is 1. The van der Waals surface area contributed by atoms with Crippen LogP contribution in [0.5, 0.6) is 5.75 Å². The van der Waals surface area contributed by atoms with Gasteiger partial charge in [0.05, 0.1) is 4.70 Å². The van der Waals surface area contributed by atoms with E-state index in [4.69, 9.17) is 9.15 Å². The van der Waals surface area contributed by atoms with Crippen molar-refractivity contribution in [1.82, 2.24) is 0 Å². The highest BCUT2D eigenvalue weighted by atomic mass is 32.1. The predicted molar refractivity (Wildman–Crippen MR) is 85.8 cm³/mol. The molecule has 1 aromatic heterocycles. The van der Waals surface area contributed by atoms with Gasteiger partial charge < -0.3 is 9.15 Å². The largest absolute Gasteiger partial charge is 0.417 e. The molecule has 0 aliphatic carbocycles. The molecule has 0 radical (unpaired) electrons. The summed E-state index contributed by atoms with van der Waals surface area (Å²) in [6.07, 6.45) is 0.309. The number of hydrogen-bond donors (Lipinski definition) is 1. The van der Waals surface area contributed by atoms with Crippen LogP contribution in [0.1, 0.15) is 12.5 Å². The molecule has 0 spiro atoms. The number of aryl methyl sites for hydroxylation is 1. The maximum absolute atomic E-state index is 11.9. The Bertz CT molecular complexity index is 881. The lowest BCUT2D eigenvalue weighted by Crippen LogP contribution is -2.16. The number of rotatable bonds is 3. The molecule has 5 nitrogen and oxygen atoms in total. The summed E-state index contributed by atoms with van der Waals surface area (Å²) < 4.78 is 10.8. The highest BCUT2D eigenvalue weighted by Gasteiger charge is 2.08. The van der Waals surface area contributed by atoms with Crippen LogP contribution < -0.4 is 15.0 Å². The van der Waals surface area contributed by atoms with E-state index < -0.39 is 6.09 Å². The van der Waals surface area contributed by atoms with E-state index >= 15 is 0 Å². The molecule has 0 saturated carbocycles. The first-order valence-corrected chi connectivity index (χ1v) is 7.57. The standard InChI is InChI=1S/C16H13NO4S/c1-2-10-4-3-5-11(8-10)17-15(18)20-12-6-7-13-14(9-12)22-16(19)21-13/h3-9H,2H2,1H3,(H,17,18). The Labute approximate surface area is 130 Å². The molecule has 112 valence electrons.